The van der Waals surface area contributed by atoms with Crippen molar-refractivity contribution in [1.82, 2.24) is 24.8 Å². The second-order valence-electron chi connectivity index (χ2n) is 20.2. The summed E-state index contributed by atoms with van der Waals surface area (Å²) in [4.78, 5) is 50.6. The van der Waals surface area contributed by atoms with Crippen LogP contribution in [0.3, 0.4) is 0 Å². The molecule has 4 aliphatic rings. The lowest BCUT2D eigenvalue weighted by molar-refractivity contribution is 0.0230. The van der Waals surface area contributed by atoms with Gasteiger partial charge in [-0.2, -0.15) is 0 Å². The first-order valence-corrected chi connectivity index (χ1v) is 24.6. The van der Waals surface area contributed by atoms with Crippen molar-refractivity contribution in [3.05, 3.63) is 75.9 Å². The van der Waals surface area contributed by atoms with E-state index in [4.69, 9.17) is 40.5 Å². The number of morpholine rings is 2. The SMILES string of the molecule is Cc1c(N2CCN(C(=O)OC(C)(C)C)CC2)nc2cc(F)cc(F)c2c1Cl.Cc1c(N2CCN(C(=O)OC(C)(C)C)CC2)nc2cc(F)cc(F)c2c1Nc1cc(N2CCOCC2)cnc1N1CCOCC1. The number of rotatable bonds is 6. The van der Waals surface area contributed by atoms with Gasteiger partial charge in [-0.3, -0.25) is 0 Å². The number of carbonyl (C=O) groups is 2. The number of carbonyl (C=O) groups excluding carboxylic acids is 2. The number of piperazine rings is 2. The number of pyridine rings is 3. The number of halogens is 5. The van der Waals surface area contributed by atoms with Crippen molar-refractivity contribution >= 4 is 80.1 Å². The van der Waals surface area contributed by atoms with E-state index in [1.54, 1.807) is 16.7 Å². The smallest absolute Gasteiger partial charge is 0.410 e. The van der Waals surface area contributed by atoms with Crippen LogP contribution in [0.25, 0.3) is 21.8 Å². The molecule has 388 valence electrons. The summed E-state index contributed by atoms with van der Waals surface area (Å²) in [7, 11) is 0. The Morgan fingerprint density at radius 1 is 0.583 bits per heavy atom. The molecule has 4 fully saturated rings. The molecular formula is C51H63ClF4N10O6. The molecule has 21 heteroatoms. The summed E-state index contributed by atoms with van der Waals surface area (Å²) >= 11 is 6.35. The lowest BCUT2D eigenvalue weighted by Crippen LogP contribution is -2.50. The first-order valence-electron chi connectivity index (χ1n) is 24.3. The molecule has 1 N–H and O–H groups in total. The Morgan fingerprint density at radius 2 is 1.01 bits per heavy atom. The van der Waals surface area contributed by atoms with E-state index in [9.17, 15) is 22.8 Å². The average Bonchev–Trinajstić information content (AvgIpc) is 3.33. The maximum Gasteiger partial charge on any atom is 0.410 e. The monoisotopic (exact) mass is 1020 g/mol. The van der Waals surface area contributed by atoms with Crippen LogP contribution in [0.2, 0.25) is 5.02 Å². The van der Waals surface area contributed by atoms with Gasteiger partial charge in [0.05, 0.1) is 76.5 Å². The van der Waals surface area contributed by atoms with Crippen LogP contribution in [0, 0.1) is 37.1 Å². The number of hydrogen-bond donors (Lipinski definition) is 1. The number of nitrogens with one attached hydrogen (secondary N) is 1. The number of fused-ring (bicyclic) bond motifs is 2. The van der Waals surface area contributed by atoms with E-state index < -0.39 is 34.5 Å². The van der Waals surface area contributed by atoms with E-state index in [1.165, 1.54) is 12.1 Å². The molecule has 72 heavy (non-hydrogen) atoms. The predicted octanol–water partition coefficient (Wildman–Crippen LogP) is 9.22. The van der Waals surface area contributed by atoms with Gasteiger partial charge < -0.3 is 53.7 Å². The van der Waals surface area contributed by atoms with E-state index in [2.05, 4.69) is 25.0 Å². The van der Waals surface area contributed by atoms with Crippen LogP contribution < -0.4 is 24.9 Å². The van der Waals surface area contributed by atoms with Gasteiger partial charge in [0, 0.05) is 114 Å². The number of nitrogens with zero attached hydrogens (tertiary/aromatic N) is 9. The third-order valence-electron chi connectivity index (χ3n) is 12.6. The van der Waals surface area contributed by atoms with Crippen LogP contribution in [0.1, 0.15) is 52.7 Å². The van der Waals surface area contributed by atoms with Gasteiger partial charge in [-0.05, 0) is 61.5 Å². The fourth-order valence-corrected chi connectivity index (χ4v) is 9.34. The molecule has 16 nitrogen and oxygen atoms in total. The fourth-order valence-electron chi connectivity index (χ4n) is 9.06. The van der Waals surface area contributed by atoms with E-state index in [-0.39, 0.29) is 39.0 Å². The van der Waals surface area contributed by atoms with Gasteiger partial charge in [-0.25, -0.2) is 42.1 Å². The zero-order chi connectivity index (χ0) is 51.6. The van der Waals surface area contributed by atoms with E-state index in [0.29, 0.717) is 126 Å². The molecule has 0 spiro atoms. The van der Waals surface area contributed by atoms with Crippen molar-refractivity contribution in [1.29, 1.82) is 0 Å². The van der Waals surface area contributed by atoms with Gasteiger partial charge in [0.1, 0.15) is 46.1 Å². The van der Waals surface area contributed by atoms with Crippen molar-refractivity contribution in [2.24, 2.45) is 0 Å². The molecule has 0 saturated carbocycles. The summed E-state index contributed by atoms with van der Waals surface area (Å²) in [6, 6.07) is 6.16. The van der Waals surface area contributed by atoms with Crippen LogP contribution >= 0.6 is 11.6 Å². The van der Waals surface area contributed by atoms with Crippen LogP contribution in [-0.2, 0) is 18.9 Å². The van der Waals surface area contributed by atoms with Gasteiger partial charge in [0.2, 0.25) is 0 Å². The summed E-state index contributed by atoms with van der Waals surface area (Å²) < 4.78 is 79.9. The molecule has 0 aliphatic carbocycles. The zero-order valence-electron chi connectivity index (χ0n) is 42.1. The van der Waals surface area contributed by atoms with Crippen molar-refractivity contribution in [2.75, 3.05) is 130 Å². The molecular weight excluding hydrogens is 960 g/mol. The Labute approximate surface area is 422 Å². The maximum absolute atomic E-state index is 15.6. The molecule has 5 aromatic rings. The minimum Gasteiger partial charge on any atom is -0.444 e. The lowest BCUT2D eigenvalue weighted by atomic mass is 10.1. The Kier molecular flexibility index (Phi) is 15.6. The Hall–Kier alpha value is -6.12. The van der Waals surface area contributed by atoms with Crippen molar-refractivity contribution in [3.63, 3.8) is 0 Å². The van der Waals surface area contributed by atoms with E-state index >= 15 is 4.39 Å². The Balaban J connectivity index is 0.000000219. The number of benzene rings is 2. The zero-order valence-corrected chi connectivity index (χ0v) is 42.9. The van der Waals surface area contributed by atoms with Crippen molar-refractivity contribution < 1.29 is 46.1 Å². The Morgan fingerprint density at radius 3 is 1.50 bits per heavy atom. The molecule has 4 saturated heterocycles. The second-order valence-corrected chi connectivity index (χ2v) is 20.5. The first kappa shape index (κ1) is 52.2. The van der Waals surface area contributed by atoms with E-state index in [0.717, 1.165) is 36.7 Å². The highest BCUT2D eigenvalue weighted by molar-refractivity contribution is 6.36. The minimum atomic E-state index is -0.730. The summed E-state index contributed by atoms with van der Waals surface area (Å²) in [5.74, 6) is -0.928. The highest BCUT2D eigenvalue weighted by atomic mass is 35.5. The maximum atomic E-state index is 15.6. The molecule has 0 unspecified atom stereocenters. The minimum absolute atomic E-state index is 0.117. The van der Waals surface area contributed by atoms with Gasteiger partial charge in [-0.1, -0.05) is 11.6 Å². The van der Waals surface area contributed by atoms with Crippen molar-refractivity contribution in [3.8, 4) is 0 Å². The molecule has 9 rings (SSSR count). The second kappa shape index (κ2) is 21.5. The normalized spacial score (nSPS) is 17.0. The quantitative estimate of drug-likeness (QED) is 0.162. The van der Waals surface area contributed by atoms with Gasteiger partial charge >= 0.3 is 12.2 Å². The number of ether oxygens (including phenoxy) is 4. The van der Waals surface area contributed by atoms with Crippen molar-refractivity contribution in [2.45, 2.75) is 66.6 Å². The Bertz CT molecular complexity index is 2800. The third-order valence-corrected chi connectivity index (χ3v) is 13.1. The van der Waals surface area contributed by atoms with Gasteiger partial charge in [0.25, 0.3) is 0 Å². The number of hydrogen-bond acceptors (Lipinski definition) is 14. The highest BCUT2D eigenvalue weighted by Crippen LogP contribution is 2.40. The third kappa shape index (κ3) is 12.0. The fraction of sp³-hybridized carbons (Fsp3) is 0.510. The first-order chi connectivity index (χ1) is 34.1. The molecule has 4 aliphatic heterocycles. The topological polar surface area (TPSA) is 141 Å². The van der Waals surface area contributed by atoms with E-state index in [1.807, 2.05) is 65.6 Å². The predicted molar refractivity (Wildman–Crippen MR) is 271 cm³/mol. The summed E-state index contributed by atoms with van der Waals surface area (Å²) in [5, 5.41) is 4.08. The number of aromatic nitrogens is 3. The highest BCUT2D eigenvalue weighted by Gasteiger charge is 2.31. The summed E-state index contributed by atoms with van der Waals surface area (Å²) in [6.45, 7) is 23.7. The van der Waals surface area contributed by atoms with Crippen LogP contribution in [0.4, 0.5) is 61.7 Å². The molecule has 0 radical (unpaired) electrons. The van der Waals surface area contributed by atoms with Gasteiger partial charge in [0.15, 0.2) is 5.82 Å². The number of amides is 2. The molecule has 7 heterocycles. The standard InChI is InChI=1S/C32H41F2N7O4.C19H22ClF2N3O2/c1-21-28(36-26-19-23(38-9-13-43-14-10-38)20-35-30(26)40-11-15-44-16-12-40)27-24(34)17-22(33)18-25(27)37-29(21)39-5-7-41(8-6-39)31(42)45-32(2,3)4;1-11-16(20)15-13(22)9-12(21)10-14(15)23-17(11)24-5-7-25(8-6-24)18(26)27-19(2,3)4/h17-20H,5-16H2,1-4H3,(H,36,37);9-10H,5-8H2,1-4H3. The van der Waals surface area contributed by atoms with Crippen LogP contribution in [0.15, 0.2) is 36.5 Å². The molecule has 2 aromatic carbocycles. The molecule has 2 amide bonds. The largest absolute Gasteiger partial charge is 0.444 e. The number of anilines is 6. The van der Waals surface area contributed by atoms with Crippen LogP contribution in [-0.4, -0.2) is 153 Å². The molecule has 3 aromatic heterocycles. The van der Waals surface area contributed by atoms with Gasteiger partial charge in [-0.15, -0.1) is 0 Å². The molecule has 0 atom stereocenters. The summed E-state index contributed by atoms with van der Waals surface area (Å²) in [6.07, 6.45) is 1.15. The average molecular weight is 1020 g/mol. The molecule has 0 bridgehead atoms. The van der Waals surface area contributed by atoms with Crippen LogP contribution in [0.5, 0.6) is 0 Å². The lowest BCUT2D eigenvalue weighted by Gasteiger charge is -2.37. The summed E-state index contributed by atoms with van der Waals surface area (Å²) in [5.41, 5.74) is 2.71.